The van der Waals surface area contributed by atoms with Gasteiger partial charge in [0.25, 0.3) is 0 Å². The average molecular weight is 372 g/mol. The van der Waals surface area contributed by atoms with Crippen LogP contribution in [0, 0.1) is 10.1 Å². The lowest BCUT2D eigenvalue weighted by Crippen LogP contribution is -2.28. The van der Waals surface area contributed by atoms with E-state index in [0.717, 1.165) is 19.3 Å². The molecule has 1 unspecified atom stereocenters. The van der Waals surface area contributed by atoms with Gasteiger partial charge in [-0.2, -0.15) is 0 Å². The maximum Gasteiger partial charge on any atom is 0.379 e. The molecule has 0 aliphatic heterocycles. The second-order valence-corrected chi connectivity index (χ2v) is 7.58. The Hall–Kier alpha value is -1.13. The van der Waals surface area contributed by atoms with E-state index in [-0.39, 0.29) is 6.42 Å². The van der Waals surface area contributed by atoms with Gasteiger partial charge in [-0.05, 0) is 6.42 Å². The van der Waals surface area contributed by atoms with Crippen LogP contribution in [0.15, 0.2) is 0 Å². The predicted octanol–water partition coefficient (Wildman–Crippen LogP) is 6.76. The van der Waals surface area contributed by atoms with Crippen LogP contribution in [-0.2, 0) is 4.79 Å². The fourth-order valence-electron chi connectivity index (χ4n) is 3.38. The molecule has 0 bridgehead atoms. The van der Waals surface area contributed by atoms with Crippen molar-refractivity contribution in [1.82, 2.24) is 0 Å². The summed E-state index contributed by atoms with van der Waals surface area (Å²) in [6.07, 6.45) is 21.6. The smallest absolute Gasteiger partial charge is 0.379 e. The molecule has 154 valence electrons. The molecule has 0 aromatic carbocycles. The molecule has 0 heterocycles. The fourth-order valence-corrected chi connectivity index (χ4v) is 3.38. The Balaban J connectivity index is 3.20. The molecule has 5 heteroatoms. The molecule has 0 aromatic heterocycles. The zero-order valence-electron chi connectivity index (χ0n) is 16.9. The third kappa shape index (κ3) is 16.3. The number of unbranched alkanes of at least 4 members (excludes halogenated alkanes) is 16. The van der Waals surface area contributed by atoms with E-state index in [1.54, 1.807) is 0 Å². The van der Waals surface area contributed by atoms with Crippen molar-refractivity contribution in [2.24, 2.45) is 0 Å². The summed E-state index contributed by atoms with van der Waals surface area (Å²) in [5.74, 6) is -1.31. The highest BCUT2D eigenvalue weighted by atomic mass is 16.6. The lowest BCUT2D eigenvalue weighted by Gasteiger charge is -2.05. The summed E-state index contributed by atoms with van der Waals surface area (Å²) < 4.78 is 0. The standard InChI is InChI=1S/C21H41NO4/c1-2-3-4-5-6-7-8-9-10-11-12-13-14-15-16-17-18-19-20(21(23)24)22(25)26/h20H,2-19H2,1H3,(H,23,24). The quantitative estimate of drug-likeness (QED) is 0.146. The first kappa shape index (κ1) is 24.9. The van der Waals surface area contributed by atoms with E-state index < -0.39 is 16.9 Å². The van der Waals surface area contributed by atoms with E-state index >= 15 is 0 Å². The van der Waals surface area contributed by atoms with Crippen molar-refractivity contribution in [1.29, 1.82) is 0 Å². The SMILES string of the molecule is CCCCCCCCCCCCCCCCCCCC(C(=O)O)[N+](=O)[O-]. The van der Waals surface area contributed by atoms with Crippen LogP contribution in [0.4, 0.5) is 0 Å². The molecular weight excluding hydrogens is 330 g/mol. The van der Waals surface area contributed by atoms with E-state index in [2.05, 4.69) is 6.92 Å². The topological polar surface area (TPSA) is 80.4 Å². The first-order chi connectivity index (χ1) is 12.6. The Labute approximate surface area is 160 Å². The van der Waals surface area contributed by atoms with Gasteiger partial charge in [0, 0.05) is 11.3 Å². The number of nitro groups is 1. The lowest BCUT2D eigenvalue weighted by molar-refractivity contribution is -0.511. The molecule has 0 amide bonds. The number of hydrogen-bond acceptors (Lipinski definition) is 3. The molecule has 0 aliphatic carbocycles. The number of carboxylic acid groups (broad SMARTS) is 1. The van der Waals surface area contributed by atoms with Crippen LogP contribution in [0.25, 0.3) is 0 Å². The van der Waals surface area contributed by atoms with Gasteiger partial charge in [-0.3, -0.25) is 10.1 Å². The van der Waals surface area contributed by atoms with Crippen molar-refractivity contribution in [3.8, 4) is 0 Å². The summed E-state index contributed by atoms with van der Waals surface area (Å²) in [6.45, 7) is 2.26. The van der Waals surface area contributed by atoms with Gasteiger partial charge in [0.1, 0.15) is 0 Å². The third-order valence-corrected chi connectivity index (χ3v) is 5.12. The minimum absolute atomic E-state index is 0.154. The van der Waals surface area contributed by atoms with Crippen LogP contribution < -0.4 is 0 Å². The highest BCUT2D eigenvalue weighted by Crippen LogP contribution is 2.15. The average Bonchev–Trinajstić information content (AvgIpc) is 2.60. The molecule has 0 radical (unpaired) electrons. The van der Waals surface area contributed by atoms with Crippen LogP contribution in [0.2, 0.25) is 0 Å². The van der Waals surface area contributed by atoms with Gasteiger partial charge in [-0.15, -0.1) is 0 Å². The molecule has 26 heavy (non-hydrogen) atoms. The third-order valence-electron chi connectivity index (χ3n) is 5.12. The summed E-state index contributed by atoms with van der Waals surface area (Å²) in [7, 11) is 0. The summed E-state index contributed by atoms with van der Waals surface area (Å²) >= 11 is 0. The molecule has 0 saturated heterocycles. The zero-order chi connectivity index (χ0) is 19.5. The monoisotopic (exact) mass is 371 g/mol. The van der Waals surface area contributed by atoms with Crippen LogP contribution in [0.1, 0.15) is 122 Å². The van der Waals surface area contributed by atoms with Crippen molar-refractivity contribution in [3.63, 3.8) is 0 Å². The van der Waals surface area contributed by atoms with Gasteiger partial charge < -0.3 is 5.11 Å². The van der Waals surface area contributed by atoms with E-state index in [9.17, 15) is 14.9 Å². The Kier molecular flexibility index (Phi) is 17.8. The van der Waals surface area contributed by atoms with Crippen LogP contribution in [0.5, 0.6) is 0 Å². The molecule has 0 aliphatic rings. The fraction of sp³-hybridized carbons (Fsp3) is 0.952. The summed E-state index contributed by atoms with van der Waals surface area (Å²) in [5.41, 5.74) is 0. The molecule has 5 nitrogen and oxygen atoms in total. The Morgan fingerprint density at radius 3 is 1.31 bits per heavy atom. The molecule has 0 rings (SSSR count). The Morgan fingerprint density at radius 2 is 1.04 bits per heavy atom. The molecule has 0 fully saturated rings. The number of aliphatic carboxylic acids is 1. The summed E-state index contributed by atoms with van der Waals surface area (Å²) in [6, 6.07) is -1.42. The number of carboxylic acids is 1. The van der Waals surface area contributed by atoms with Crippen molar-refractivity contribution < 1.29 is 14.8 Å². The largest absolute Gasteiger partial charge is 0.476 e. The Morgan fingerprint density at radius 1 is 0.731 bits per heavy atom. The normalized spacial score (nSPS) is 12.2. The predicted molar refractivity (Wildman–Crippen MR) is 107 cm³/mol. The van der Waals surface area contributed by atoms with Crippen molar-refractivity contribution in [3.05, 3.63) is 10.1 Å². The molecule has 1 atom stereocenters. The Bertz CT molecular complexity index is 333. The second kappa shape index (κ2) is 18.7. The molecule has 0 aromatic rings. The van der Waals surface area contributed by atoms with Gasteiger partial charge in [0.2, 0.25) is 0 Å². The minimum Gasteiger partial charge on any atom is -0.476 e. The van der Waals surface area contributed by atoms with Gasteiger partial charge in [0.15, 0.2) is 0 Å². The number of nitrogens with zero attached hydrogens (tertiary/aromatic N) is 1. The van der Waals surface area contributed by atoms with Gasteiger partial charge in [-0.1, -0.05) is 110 Å². The highest BCUT2D eigenvalue weighted by molar-refractivity contribution is 5.71. The molecule has 0 saturated carbocycles. The van der Waals surface area contributed by atoms with Gasteiger partial charge in [-0.25, -0.2) is 4.79 Å². The summed E-state index contributed by atoms with van der Waals surface area (Å²) in [5, 5.41) is 19.3. The van der Waals surface area contributed by atoms with E-state index in [1.807, 2.05) is 0 Å². The van der Waals surface area contributed by atoms with Crippen molar-refractivity contribution in [2.75, 3.05) is 0 Å². The maximum absolute atomic E-state index is 10.7. The first-order valence-corrected chi connectivity index (χ1v) is 11.0. The number of rotatable bonds is 20. The van der Waals surface area contributed by atoms with E-state index in [4.69, 9.17) is 5.11 Å². The molecule has 1 N–H and O–H groups in total. The van der Waals surface area contributed by atoms with Crippen LogP contribution in [-0.4, -0.2) is 22.0 Å². The first-order valence-electron chi connectivity index (χ1n) is 11.0. The second-order valence-electron chi connectivity index (χ2n) is 7.58. The molecule has 0 spiro atoms. The number of hydrogen-bond donors (Lipinski definition) is 1. The lowest BCUT2D eigenvalue weighted by atomic mass is 10.0. The zero-order valence-corrected chi connectivity index (χ0v) is 16.9. The van der Waals surface area contributed by atoms with Crippen LogP contribution >= 0.6 is 0 Å². The van der Waals surface area contributed by atoms with E-state index in [1.165, 1.54) is 83.5 Å². The van der Waals surface area contributed by atoms with Crippen LogP contribution in [0.3, 0.4) is 0 Å². The minimum atomic E-state index is -1.42. The van der Waals surface area contributed by atoms with Crippen molar-refractivity contribution in [2.45, 2.75) is 129 Å². The van der Waals surface area contributed by atoms with Gasteiger partial charge >= 0.3 is 12.0 Å². The van der Waals surface area contributed by atoms with Gasteiger partial charge in [0.05, 0.1) is 0 Å². The van der Waals surface area contributed by atoms with Crippen molar-refractivity contribution >= 4 is 5.97 Å². The number of carbonyl (C=O) groups is 1. The van der Waals surface area contributed by atoms with E-state index in [0.29, 0.717) is 6.42 Å². The molecular formula is C21H41NO4. The summed E-state index contributed by atoms with van der Waals surface area (Å²) in [4.78, 5) is 20.6. The highest BCUT2D eigenvalue weighted by Gasteiger charge is 2.27. The maximum atomic E-state index is 10.7.